The number of nitrogens with one attached hydrogen (secondary N) is 1. The highest BCUT2D eigenvalue weighted by Crippen LogP contribution is 2.11. The van der Waals surface area contributed by atoms with E-state index in [9.17, 15) is 4.79 Å². The van der Waals surface area contributed by atoms with Crippen LogP contribution in [0.3, 0.4) is 0 Å². The highest BCUT2D eigenvalue weighted by atomic mass is 16.1. The van der Waals surface area contributed by atoms with E-state index in [1.54, 1.807) is 24.4 Å². The molecular formula is C20H18N4O. The number of nitrogens with zero attached hydrogens (tertiary/aromatic N) is 3. The first-order valence-corrected chi connectivity index (χ1v) is 8.05. The molecule has 0 bridgehead atoms. The maximum atomic E-state index is 12.3. The summed E-state index contributed by atoms with van der Waals surface area (Å²) >= 11 is 0. The van der Waals surface area contributed by atoms with Crippen molar-refractivity contribution in [3.8, 4) is 11.8 Å². The lowest BCUT2D eigenvalue weighted by Gasteiger charge is -2.07. The third-order valence-corrected chi connectivity index (χ3v) is 3.97. The summed E-state index contributed by atoms with van der Waals surface area (Å²) in [6.45, 7) is 2.37. The molecular weight excluding hydrogens is 312 g/mol. The van der Waals surface area contributed by atoms with Crippen LogP contribution in [0, 0.1) is 18.3 Å². The maximum Gasteiger partial charge on any atom is 0.251 e. The Morgan fingerprint density at radius 3 is 2.80 bits per heavy atom. The largest absolute Gasteiger partial charge is 0.352 e. The van der Waals surface area contributed by atoms with Gasteiger partial charge in [0.05, 0.1) is 23.5 Å². The van der Waals surface area contributed by atoms with Gasteiger partial charge in [-0.3, -0.25) is 4.79 Å². The first kappa shape index (κ1) is 16.5. The summed E-state index contributed by atoms with van der Waals surface area (Å²) in [5.41, 5.74) is 3.93. The van der Waals surface area contributed by atoms with Crippen LogP contribution >= 0.6 is 0 Å². The Balaban J connectivity index is 1.59. The summed E-state index contributed by atoms with van der Waals surface area (Å²) in [5.74, 6) is -0.162. The molecule has 0 fully saturated rings. The van der Waals surface area contributed by atoms with Gasteiger partial charge in [-0.1, -0.05) is 24.3 Å². The van der Waals surface area contributed by atoms with Crippen LogP contribution in [-0.2, 0) is 6.42 Å². The van der Waals surface area contributed by atoms with Crippen molar-refractivity contribution < 1.29 is 4.79 Å². The molecule has 0 unspecified atom stereocenters. The van der Waals surface area contributed by atoms with E-state index >= 15 is 0 Å². The lowest BCUT2D eigenvalue weighted by molar-refractivity contribution is 0.0953. The normalized spacial score (nSPS) is 10.2. The molecule has 1 aromatic heterocycles. The summed E-state index contributed by atoms with van der Waals surface area (Å²) in [6.07, 6.45) is 4.46. The van der Waals surface area contributed by atoms with E-state index in [1.165, 1.54) is 0 Å². The topological polar surface area (TPSA) is 70.7 Å². The average Bonchev–Trinajstić information content (AvgIpc) is 3.11. The van der Waals surface area contributed by atoms with Crippen LogP contribution in [0.15, 0.2) is 60.9 Å². The van der Waals surface area contributed by atoms with Crippen LogP contribution in [0.25, 0.3) is 5.69 Å². The van der Waals surface area contributed by atoms with E-state index in [-0.39, 0.29) is 5.91 Å². The van der Waals surface area contributed by atoms with Crippen molar-refractivity contribution in [2.45, 2.75) is 13.3 Å². The van der Waals surface area contributed by atoms with Crippen molar-refractivity contribution in [1.82, 2.24) is 15.1 Å². The van der Waals surface area contributed by atoms with Crippen LogP contribution in [-0.4, -0.2) is 22.2 Å². The molecule has 0 saturated heterocycles. The second-order valence-corrected chi connectivity index (χ2v) is 5.78. The second-order valence-electron chi connectivity index (χ2n) is 5.78. The van der Waals surface area contributed by atoms with Crippen LogP contribution < -0.4 is 5.32 Å². The summed E-state index contributed by atoms with van der Waals surface area (Å²) in [4.78, 5) is 12.3. The van der Waals surface area contributed by atoms with Gasteiger partial charge in [-0.15, -0.1) is 0 Å². The summed E-state index contributed by atoms with van der Waals surface area (Å²) < 4.78 is 1.82. The monoisotopic (exact) mass is 330 g/mol. The fraction of sp³-hybridized carbons (Fsp3) is 0.150. The minimum Gasteiger partial charge on any atom is -0.352 e. The quantitative estimate of drug-likeness (QED) is 0.781. The van der Waals surface area contributed by atoms with Gasteiger partial charge in [0.15, 0.2) is 0 Å². The molecule has 0 atom stereocenters. The van der Waals surface area contributed by atoms with Crippen LogP contribution in [0.1, 0.15) is 27.0 Å². The predicted molar refractivity (Wildman–Crippen MR) is 95.5 cm³/mol. The van der Waals surface area contributed by atoms with Crippen molar-refractivity contribution in [3.63, 3.8) is 0 Å². The van der Waals surface area contributed by atoms with Gasteiger partial charge in [0, 0.05) is 18.3 Å². The molecule has 1 heterocycles. The first-order valence-electron chi connectivity index (χ1n) is 8.05. The Labute approximate surface area is 146 Å². The number of rotatable bonds is 5. The van der Waals surface area contributed by atoms with Gasteiger partial charge >= 0.3 is 0 Å². The first-order chi connectivity index (χ1) is 12.2. The highest BCUT2D eigenvalue weighted by molar-refractivity contribution is 5.95. The zero-order valence-corrected chi connectivity index (χ0v) is 13.9. The maximum absolute atomic E-state index is 12.3. The molecule has 2 aromatic carbocycles. The fourth-order valence-corrected chi connectivity index (χ4v) is 2.56. The summed E-state index contributed by atoms with van der Waals surface area (Å²) in [5, 5.41) is 16.2. The number of para-hydroxylation sites is 1. The lowest BCUT2D eigenvalue weighted by Crippen LogP contribution is -2.26. The number of aryl methyl sites for hydroxylation is 1. The van der Waals surface area contributed by atoms with Crippen molar-refractivity contribution >= 4 is 5.91 Å². The van der Waals surface area contributed by atoms with E-state index < -0.39 is 0 Å². The van der Waals surface area contributed by atoms with Crippen molar-refractivity contribution in [3.05, 3.63) is 83.2 Å². The number of hydrogen-bond acceptors (Lipinski definition) is 3. The van der Waals surface area contributed by atoms with Crippen LogP contribution in [0.2, 0.25) is 0 Å². The standard InChI is InChI=1S/C20H18N4O/c1-15-7-8-16(12-21)11-19(15)20(25)22-10-9-17-13-23-24(14-17)18-5-3-2-4-6-18/h2-8,11,13-14H,9-10H2,1H3,(H,22,25). The van der Waals surface area contributed by atoms with Gasteiger partial charge < -0.3 is 5.32 Å². The lowest BCUT2D eigenvalue weighted by atomic mass is 10.0. The second kappa shape index (κ2) is 7.45. The number of carbonyl (C=O) groups is 1. The molecule has 5 nitrogen and oxygen atoms in total. The average molecular weight is 330 g/mol. The number of aromatic nitrogens is 2. The molecule has 0 aliphatic rings. The summed E-state index contributed by atoms with van der Waals surface area (Å²) in [6, 6.07) is 17.1. The smallest absolute Gasteiger partial charge is 0.251 e. The third kappa shape index (κ3) is 3.93. The Bertz CT molecular complexity index is 922. The van der Waals surface area contributed by atoms with Crippen molar-refractivity contribution in [1.29, 1.82) is 5.26 Å². The molecule has 0 saturated carbocycles. The van der Waals surface area contributed by atoms with Crippen molar-refractivity contribution in [2.24, 2.45) is 0 Å². The molecule has 0 spiro atoms. The van der Waals surface area contributed by atoms with Gasteiger partial charge in [-0.05, 0) is 48.7 Å². The van der Waals surface area contributed by atoms with Gasteiger partial charge in [-0.25, -0.2) is 4.68 Å². The van der Waals surface area contributed by atoms with Gasteiger partial charge in [0.2, 0.25) is 0 Å². The minimum absolute atomic E-state index is 0.162. The fourth-order valence-electron chi connectivity index (χ4n) is 2.56. The summed E-state index contributed by atoms with van der Waals surface area (Å²) in [7, 11) is 0. The molecule has 3 rings (SSSR count). The number of hydrogen-bond donors (Lipinski definition) is 1. The molecule has 1 amide bonds. The van der Waals surface area contributed by atoms with Gasteiger partial charge in [0.1, 0.15) is 0 Å². The van der Waals surface area contributed by atoms with Crippen LogP contribution in [0.4, 0.5) is 0 Å². The third-order valence-electron chi connectivity index (χ3n) is 3.97. The molecule has 3 aromatic rings. The van der Waals surface area contributed by atoms with E-state index in [0.29, 0.717) is 24.1 Å². The number of carbonyl (C=O) groups excluding carboxylic acids is 1. The Kier molecular flexibility index (Phi) is 4.91. The molecule has 0 radical (unpaired) electrons. The minimum atomic E-state index is -0.162. The molecule has 124 valence electrons. The Morgan fingerprint density at radius 1 is 1.24 bits per heavy atom. The molecule has 25 heavy (non-hydrogen) atoms. The van der Waals surface area contributed by atoms with E-state index in [2.05, 4.69) is 16.5 Å². The predicted octanol–water partition coefficient (Wildman–Crippen LogP) is 3.02. The zero-order chi connectivity index (χ0) is 17.6. The Hall–Kier alpha value is -3.39. The highest BCUT2D eigenvalue weighted by Gasteiger charge is 2.10. The van der Waals surface area contributed by atoms with E-state index in [0.717, 1.165) is 16.8 Å². The van der Waals surface area contributed by atoms with Gasteiger partial charge in [0.25, 0.3) is 5.91 Å². The zero-order valence-electron chi connectivity index (χ0n) is 13.9. The van der Waals surface area contributed by atoms with Crippen LogP contribution in [0.5, 0.6) is 0 Å². The number of nitriles is 1. The van der Waals surface area contributed by atoms with E-state index in [4.69, 9.17) is 5.26 Å². The Morgan fingerprint density at radius 2 is 2.04 bits per heavy atom. The molecule has 0 aliphatic carbocycles. The molecule has 5 heteroatoms. The molecule has 1 N–H and O–H groups in total. The number of benzene rings is 2. The SMILES string of the molecule is Cc1ccc(C#N)cc1C(=O)NCCc1cnn(-c2ccccc2)c1. The number of amides is 1. The van der Waals surface area contributed by atoms with Crippen molar-refractivity contribution in [2.75, 3.05) is 6.54 Å². The van der Waals surface area contributed by atoms with E-state index in [1.807, 2.05) is 48.1 Å². The van der Waals surface area contributed by atoms with Gasteiger partial charge in [-0.2, -0.15) is 10.4 Å². The molecule has 0 aliphatic heterocycles.